The Hall–Kier alpha value is -2.13. The van der Waals surface area contributed by atoms with Crippen LogP contribution in [0.15, 0.2) is 48.5 Å². The second-order valence-corrected chi connectivity index (χ2v) is 4.36. The quantitative estimate of drug-likeness (QED) is 0.489. The number of benzene rings is 2. The van der Waals surface area contributed by atoms with Gasteiger partial charge < -0.3 is 4.74 Å². The number of rotatable bonds is 3. The molecule has 96 valence electrons. The zero-order valence-electron chi connectivity index (χ0n) is 10.2. The van der Waals surface area contributed by atoms with Crippen molar-refractivity contribution in [2.75, 3.05) is 0 Å². The van der Waals surface area contributed by atoms with E-state index in [2.05, 4.69) is 0 Å². The van der Waals surface area contributed by atoms with Crippen LogP contribution in [-0.2, 0) is 4.79 Å². The van der Waals surface area contributed by atoms with Gasteiger partial charge in [0, 0.05) is 17.5 Å². The van der Waals surface area contributed by atoms with Crippen molar-refractivity contribution in [3.8, 4) is 5.75 Å². The van der Waals surface area contributed by atoms with Crippen LogP contribution in [0.2, 0.25) is 5.02 Å². The minimum absolute atomic E-state index is 0.214. The summed E-state index contributed by atoms with van der Waals surface area (Å²) >= 11 is 5.78. The van der Waals surface area contributed by atoms with Crippen LogP contribution < -0.4 is 4.74 Å². The van der Waals surface area contributed by atoms with Crippen molar-refractivity contribution in [2.24, 2.45) is 0 Å². The van der Waals surface area contributed by atoms with Crippen molar-refractivity contribution in [3.63, 3.8) is 0 Å². The Morgan fingerprint density at radius 1 is 1.00 bits per heavy atom. The van der Waals surface area contributed by atoms with Crippen molar-refractivity contribution in [2.45, 2.75) is 6.92 Å². The average molecular weight is 275 g/mol. The third-order valence-corrected chi connectivity index (χ3v) is 2.74. The van der Waals surface area contributed by atoms with E-state index >= 15 is 0 Å². The molecular formula is C15H11ClO3. The molecule has 0 amide bonds. The van der Waals surface area contributed by atoms with E-state index in [9.17, 15) is 9.59 Å². The van der Waals surface area contributed by atoms with Crippen LogP contribution in [0.1, 0.15) is 22.8 Å². The largest absolute Gasteiger partial charge is 0.426 e. The molecule has 0 aliphatic rings. The second kappa shape index (κ2) is 5.67. The van der Waals surface area contributed by atoms with Gasteiger partial charge in [-0.25, -0.2) is 0 Å². The van der Waals surface area contributed by atoms with Gasteiger partial charge in [0.25, 0.3) is 0 Å². The second-order valence-electron chi connectivity index (χ2n) is 3.93. The molecule has 0 N–H and O–H groups in total. The first kappa shape index (κ1) is 13.3. The number of carbonyl (C=O) groups excluding carboxylic acids is 2. The van der Waals surface area contributed by atoms with Crippen LogP contribution in [0.4, 0.5) is 0 Å². The van der Waals surface area contributed by atoms with E-state index < -0.39 is 5.97 Å². The van der Waals surface area contributed by atoms with E-state index in [-0.39, 0.29) is 11.5 Å². The molecule has 0 atom stereocenters. The van der Waals surface area contributed by atoms with Crippen LogP contribution in [0.5, 0.6) is 5.75 Å². The molecule has 0 bridgehead atoms. The van der Waals surface area contributed by atoms with E-state index in [0.717, 1.165) is 0 Å². The van der Waals surface area contributed by atoms with E-state index in [0.29, 0.717) is 16.1 Å². The van der Waals surface area contributed by atoms with E-state index in [1.807, 2.05) is 0 Å². The molecule has 19 heavy (non-hydrogen) atoms. The van der Waals surface area contributed by atoms with Gasteiger partial charge in [-0.15, -0.1) is 0 Å². The lowest BCUT2D eigenvalue weighted by Crippen LogP contribution is -2.08. The number of para-hydroxylation sites is 1. The van der Waals surface area contributed by atoms with E-state index in [4.69, 9.17) is 16.3 Å². The number of carbonyl (C=O) groups is 2. The Balaban J connectivity index is 2.38. The number of ketones is 1. The summed E-state index contributed by atoms with van der Waals surface area (Å²) in [6, 6.07) is 13.2. The molecule has 0 unspecified atom stereocenters. The third-order valence-electron chi connectivity index (χ3n) is 2.49. The SMILES string of the molecule is CC(=O)Oc1ccccc1C(=O)c1ccc(Cl)cc1. The summed E-state index contributed by atoms with van der Waals surface area (Å²) in [5.74, 6) is -0.417. The Morgan fingerprint density at radius 2 is 1.63 bits per heavy atom. The van der Waals surface area contributed by atoms with E-state index in [1.165, 1.54) is 6.92 Å². The maximum atomic E-state index is 12.3. The van der Waals surface area contributed by atoms with Gasteiger partial charge in [-0.2, -0.15) is 0 Å². The molecule has 0 heterocycles. The number of hydrogen-bond donors (Lipinski definition) is 0. The Kier molecular flexibility index (Phi) is 3.97. The van der Waals surface area contributed by atoms with E-state index in [1.54, 1.807) is 48.5 Å². The molecule has 4 heteroatoms. The normalized spacial score (nSPS) is 10.0. The molecule has 2 aromatic carbocycles. The van der Waals surface area contributed by atoms with Gasteiger partial charge in [-0.05, 0) is 36.4 Å². The van der Waals surface area contributed by atoms with Gasteiger partial charge in [-0.1, -0.05) is 23.7 Å². The fourth-order valence-corrected chi connectivity index (χ4v) is 1.78. The zero-order valence-corrected chi connectivity index (χ0v) is 11.0. The highest BCUT2D eigenvalue weighted by Crippen LogP contribution is 2.22. The maximum absolute atomic E-state index is 12.3. The van der Waals surface area contributed by atoms with Gasteiger partial charge in [0.15, 0.2) is 5.78 Å². The topological polar surface area (TPSA) is 43.4 Å². The molecule has 0 fully saturated rings. The molecule has 3 nitrogen and oxygen atoms in total. The molecule has 0 saturated heterocycles. The van der Waals surface area contributed by atoms with Crippen LogP contribution in [-0.4, -0.2) is 11.8 Å². The molecule has 0 saturated carbocycles. The molecule has 0 spiro atoms. The van der Waals surface area contributed by atoms with Crippen LogP contribution in [0.25, 0.3) is 0 Å². The molecule has 0 radical (unpaired) electrons. The van der Waals surface area contributed by atoms with Crippen molar-refractivity contribution >= 4 is 23.4 Å². The lowest BCUT2D eigenvalue weighted by atomic mass is 10.0. The number of hydrogen-bond acceptors (Lipinski definition) is 3. The average Bonchev–Trinajstić information content (AvgIpc) is 2.39. The molecular weight excluding hydrogens is 264 g/mol. The Morgan fingerprint density at radius 3 is 2.26 bits per heavy atom. The monoisotopic (exact) mass is 274 g/mol. The summed E-state index contributed by atoms with van der Waals surface area (Å²) in [5, 5.41) is 0.560. The fraction of sp³-hybridized carbons (Fsp3) is 0.0667. The van der Waals surface area contributed by atoms with Crippen molar-refractivity contribution < 1.29 is 14.3 Å². The number of esters is 1. The first-order chi connectivity index (χ1) is 9.08. The number of halogens is 1. The highest BCUT2D eigenvalue weighted by atomic mass is 35.5. The third kappa shape index (κ3) is 3.20. The van der Waals surface area contributed by atoms with Gasteiger partial charge >= 0.3 is 5.97 Å². The smallest absolute Gasteiger partial charge is 0.308 e. The maximum Gasteiger partial charge on any atom is 0.308 e. The number of ether oxygens (including phenoxy) is 1. The summed E-state index contributed by atoms with van der Waals surface area (Å²) in [6.07, 6.45) is 0. The molecule has 0 aromatic heterocycles. The minimum atomic E-state index is -0.462. The van der Waals surface area contributed by atoms with Crippen LogP contribution in [0, 0.1) is 0 Å². The van der Waals surface area contributed by atoms with Gasteiger partial charge in [0.1, 0.15) is 5.75 Å². The van der Waals surface area contributed by atoms with Crippen molar-refractivity contribution in [3.05, 3.63) is 64.7 Å². The van der Waals surface area contributed by atoms with Crippen molar-refractivity contribution in [1.82, 2.24) is 0 Å². The van der Waals surface area contributed by atoms with Crippen LogP contribution >= 0.6 is 11.6 Å². The summed E-state index contributed by atoms with van der Waals surface area (Å²) in [6.45, 7) is 1.30. The molecule has 2 rings (SSSR count). The van der Waals surface area contributed by atoms with Gasteiger partial charge in [0.05, 0.1) is 5.56 Å². The van der Waals surface area contributed by atoms with Crippen molar-refractivity contribution in [1.29, 1.82) is 0 Å². The standard InChI is InChI=1S/C15H11ClO3/c1-10(17)19-14-5-3-2-4-13(14)15(18)11-6-8-12(16)9-7-11/h2-9H,1H3. The first-order valence-corrected chi connectivity index (χ1v) is 6.03. The van der Waals surface area contributed by atoms with Crippen LogP contribution in [0.3, 0.4) is 0 Å². The molecule has 0 aliphatic heterocycles. The van der Waals surface area contributed by atoms with Gasteiger partial charge in [0.2, 0.25) is 0 Å². The summed E-state index contributed by atoms with van der Waals surface area (Å²) in [4.78, 5) is 23.3. The zero-order chi connectivity index (χ0) is 13.8. The Bertz CT molecular complexity index is 618. The Labute approximate surface area is 115 Å². The molecule has 0 aliphatic carbocycles. The summed E-state index contributed by atoms with van der Waals surface area (Å²) in [7, 11) is 0. The van der Waals surface area contributed by atoms with Gasteiger partial charge in [-0.3, -0.25) is 9.59 Å². The summed E-state index contributed by atoms with van der Waals surface area (Å²) < 4.78 is 5.03. The molecule has 2 aromatic rings. The minimum Gasteiger partial charge on any atom is -0.426 e. The fourth-order valence-electron chi connectivity index (χ4n) is 1.65. The highest BCUT2D eigenvalue weighted by Gasteiger charge is 2.15. The predicted molar refractivity (Wildman–Crippen MR) is 72.6 cm³/mol. The lowest BCUT2D eigenvalue weighted by molar-refractivity contribution is -0.131. The highest BCUT2D eigenvalue weighted by molar-refractivity contribution is 6.30. The predicted octanol–water partition coefficient (Wildman–Crippen LogP) is 3.50. The lowest BCUT2D eigenvalue weighted by Gasteiger charge is -2.07. The summed E-state index contributed by atoms with van der Waals surface area (Å²) in [5.41, 5.74) is 0.837. The first-order valence-electron chi connectivity index (χ1n) is 5.65.